The Balaban J connectivity index is 2.52. The fraction of sp³-hybridized carbons (Fsp3) is 0.222. The van der Waals surface area contributed by atoms with Gasteiger partial charge in [0.2, 0.25) is 0 Å². The first-order chi connectivity index (χ1) is 7.11. The van der Waals surface area contributed by atoms with Crippen molar-refractivity contribution in [3.63, 3.8) is 0 Å². The molecule has 0 amide bonds. The Bertz CT molecular complexity index is 444. The second-order valence-electron chi connectivity index (χ2n) is 3.27. The van der Waals surface area contributed by atoms with E-state index in [0.29, 0.717) is 11.3 Å². The van der Waals surface area contributed by atoms with E-state index in [1.807, 2.05) is 0 Å². The maximum atomic E-state index is 10.8. The molecule has 0 saturated heterocycles. The number of hydrogen-bond acceptors (Lipinski definition) is 4. The van der Waals surface area contributed by atoms with Gasteiger partial charge in [-0.3, -0.25) is 14.9 Å². The van der Waals surface area contributed by atoms with Crippen molar-refractivity contribution in [2.75, 3.05) is 11.9 Å². The molecule has 0 bridgehead atoms. The molecular formula is C9H8N2O4. The Morgan fingerprint density at radius 2 is 2.33 bits per heavy atom. The average molecular weight is 208 g/mol. The van der Waals surface area contributed by atoms with E-state index < -0.39 is 16.8 Å². The van der Waals surface area contributed by atoms with Crippen molar-refractivity contribution in [3.8, 4) is 0 Å². The molecule has 1 atom stereocenters. The Hall–Kier alpha value is -2.11. The van der Waals surface area contributed by atoms with E-state index in [4.69, 9.17) is 5.11 Å². The van der Waals surface area contributed by atoms with Gasteiger partial charge in [-0.25, -0.2) is 0 Å². The lowest BCUT2D eigenvalue weighted by Crippen LogP contribution is -2.12. The lowest BCUT2D eigenvalue weighted by Gasteiger charge is -2.02. The number of nitro groups is 1. The smallest absolute Gasteiger partial charge is 0.312 e. The molecule has 78 valence electrons. The summed E-state index contributed by atoms with van der Waals surface area (Å²) in [6.45, 7) is 0.204. The van der Waals surface area contributed by atoms with E-state index >= 15 is 0 Å². The van der Waals surface area contributed by atoms with Crippen LogP contribution in [0.25, 0.3) is 0 Å². The van der Waals surface area contributed by atoms with Gasteiger partial charge in [0, 0.05) is 12.6 Å². The van der Waals surface area contributed by atoms with Gasteiger partial charge < -0.3 is 10.4 Å². The topological polar surface area (TPSA) is 92.5 Å². The molecule has 0 radical (unpaired) electrons. The summed E-state index contributed by atoms with van der Waals surface area (Å²) in [5, 5.41) is 22.3. The number of fused-ring (bicyclic) bond motifs is 1. The SMILES string of the molecule is O=C(O)C1CNc2c1cccc2[N+](=O)[O-]. The Kier molecular flexibility index (Phi) is 2.03. The van der Waals surface area contributed by atoms with Crippen molar-refractivity contribution < 1.29 is 14.8 Å². The van der Waals surface area contributed by atoms with Gasteiger partial charge in [-0.2, -0.15) is 0 Å². The fourth-order valence-corrected chi connectivity index (χ4v) is 1.73. The van der Waals surface area contributed by atoms with E-state index in [0.717, 1.165) is 0 Å². The molecule has 0 spiro atoms. The average Bonchev–Trinajstić information content (AvgIpc) is 2.59. The largest absolute Gasteiger partial charge is 0.481 e. The normalized spacial score (nSPS) is 18.0. The number of benzene rings is 1. The number of carboxylic acid groups (broad SMARTS) is 1. The van der Waals surface area contributed by atoms with E-state index in [-0.39, 0.29) is 12.2 Å². The second kappa shape index (κ2) is 3.23. The van der Waals surface area contributed by atoms with Gasteiger partial charge in [-0.1, -0.05) is 12.1 Å². The molecule has 1 aliphatic heterocycles. The summed E-state index contributed by atoms with van der Waals surface area (Å²) in [4.78, 5) is 21.0. The third-order valence-electron chi connectivity index (χ3n) is 2.43. The number of aliphatic carboxylic acids is 1. The molecule has 15 heavy (non-hydrogen) atoms. The van der Waals surface area contributed by atoms with Crippen molar-refractivity contribution >= 4 is 17.3 Å². The van der Waals surface area contributed by atoms with Crippen molar-refractivity contribution in [2.24, 2.45) is 0 Å². The van der Waals surface area contributed by atoms with Crippen LogP contribution < -0.4 is 5.32 Å². The minimum atomic E-state index is -0.971. The van der Waals surface area contributed by atoms with Crippen molar-refractivity contribution in [1.82, 2.24) is 0 Å². The third kappa shape index (κ3) is 1.39. The number of carbonyl (C=O) groups is 1. The maximum absolute atomic E-state index is 10.8. The summed E-state index contributed by atoms with van der Waals surface area (Å²) < 4.78 is 0. The molecular weight excluding hydrogens is 200 g/mol. The van der Waals surface area contributed by atoms with Crippen LogP contribution in [0.2, 0.25) is 0 Å². The highest BCUT2D eigenvalue weighted by Gasteiger charge is 2.32. The number of anilines is 1. The van der Waals surface area contributed by atoms with Crippen molar-refractivity contribution in [2.45, 2.75) is 5.92 Å². The molecule has 1 aliphatic rings. The van der Waals surface area contributed by atoms with Gasteiger partial charge in [-0.15, -0.1) is 0 Å². The van der Waals surface area contributed by atoms with Gasteiger partial charge in [0.25, 0.3) is 5.69 Å². The first-order valence-corrected chi connectivity index (χ1v) is 4.35. The molecule has 0 saturated carbocycles. The third-order valence-corrected chi connectivity index (χ3v) is 2.43. The van der Waals surface area contributed by atoms with Gasteiger partial charge in [-0.05, 0) is 5.56 Å². The predicted octanol–water partition coefficient (Wildman–Crippen LogP) is 1.19. The van der Waals surface area contributed by atoms with Gasteiger partial charge >= 0.3 is 5.97 Å². The van der Waals surface area contributed by atoms with E-state index in [9.17, 15) is 14.9 Å². The number of para-hydroxylation sites is 1. The zero-order valence-corrected chi connectivity index (χ0v) is 7.64. The van der Waals surface area contributed by atoms with Crippen LogP contribution in [0.4, 0.5) is 11.4 Å². The monoisotopic (exact) mass is 208 g/mol. The summed E-state index contributed by atoms with van der Waals surface area (Å²) in [5.74, 6) is -1.67. The highest BCUT2D eigenvalue weighted by molar-refractivity contribution is 5.85. The number of hydrogen-bond donors (Lipinski definition) is 2. The van der Waals surface area contributed by atoms with E-state index in [2.05, 4.69) is 5.32 Å². The molecule has 1 aromatic carbocycles. The Labute approximate surface area is 84.7 Å². The molecule has 0 aromatic heterocycles. The molecule has 1 aromatic rings. The van der Waals surface area contributed by atoms with Crippen LogP contribution in [0.5, 0.6) is 0 Å². The zero-order chi connectivity index (χ0) is 11.0. The second-order valence-corrected chi connectivity index (χ2v) is 3.27. The molecule has 0 aliphatic carbocycles. The van der Waals surface area contributed by atoms with E-state index in [1.165, 1.54) is 12.1 Å². The standard InChI is InChI=1S/C9H8N2O4/c12-9(13)6-4-10-8-5(6)2-1-3-7(8)11(14)15/h1-3,6,10H,4H2,(H,12,13). The fourth-order valence-electron chi connectivity index (χ4n) is 1.73. The first-order valence-electron chi connectivity index (χ1n) is 4.35. The van der Waals surface area contributed by atoms with Crippen LogP contribution in [0, 0.1) is 10.1 Å². The number of carboxylic acids is 1. The Morgan fingerprint density at radius 1 is 1.60 bits per heavy atom. The quantitative estimate of drug-likeness (QED) is 0.562. The van der Waals surface area contributed by atoms with Gasteiger partial charge in [0.15, 0.2) is 0 Å². The molecule has 1 unspecified atom stereocenters. The van der Waals surface area contributed by atoms with Crippen molar-refractivity contribution in [1.29, 1.82) is 0 Å². The van der Waals surface area contributed by atoms with Gasteiger partial charge in [0.05, 0.1) is 4.92 Å². The van der Waals surface area contributed by atoms with Crippen LogP contribution >= 0.6 is 0 Å². The van der Waals surface area contributed by atoms with Crippen LogP contribution in [-0.2, 0) is 4.79 Å². The molecule has 6 nitrogen and oxygen atoms in total. The summed E-state index contributed by atoms with van der Waals surface area (Å²) in [6, 6.07) is 4.46. The molecule has 6 heteroatoms. The number of nitro benzene ring substituents is 1. The van der Waals surface area contributed by atoms with E-state index in [1.54, 1.807) is 6.07 Å². The van der Waals surface area contributed by atoms with Crippen LogP contribution in [0.15, 0.2) is 18.2 Å². The van der Waals surface area contributed by atoms with Gasteiger partial charge in [0.1, 0.15) is 11.6 Å². The lowest BCUT2D eigenvalue weighted by molar-refractivity contribution is -0.383. The number of nitrogens with one attached hydrogen (secondary N) is 1. The summed E-state index contributed by atoms with van der Waals surface area (Å²) in [6.07, 6.45) is 0. The highest BCUT2D eigenvalue weighted by atomic mass is 16.6. The Morgan fingerprint density at radius 3 is 2.93 bits per heavy atom. The first kappa shape index (κ1) is 9.45. The number of rotatable bonds is 2. The minimum absolute atomic E-state index is 0.0729. The number of nitrogens with zero attached hydrogens (tertiary/aromatic N) is 1. The van der Waals surface area contributed by atoms with Crippen LogP contribution in [0.1, 0.15) is 11.5 Å². The minimum Gasteiger partial charge on any atom is -0.481 e. The lowest BCUT2D eigenvalue weighted by atomic mass is 10.0. The molecule has 1 heterocycles. The molecule has 2 rings (SSSR count). The molecule has 0 fully saturated rings. The molecule has 2 N–H and O–H groups in total. The summed E-state index contributed by atoms with van der Waals surface area (Å²) in [7, 11) is 0. The summed E-state index contributed by atoms with van der Waals surface area (Å²) >= 11 is 0. The summed E-state index contributed by atoms with van der Waals surface area (Å²) in [5.41, 5.74) is 0.739. The van der Waals surface area contributed by atoms with Crippen LogP contribution in [0.3, 0.4) is 0 Å². The van der Waals surface area contributed by atoms with Crippen LogP contribution in [-0.4, -0.2) is 22.5 Å². The van der Waals surface area contributed by atoms with Crippen molar-refractivity contribution in [3.05, 3.63) is 33.9 Å². The highest BCUT2D eigenvalue weighted by Crippen LogP contribution is 2.38. The predicted molar refractivity (Wildman–Crippen MR) is 52.0 cm³/mol. The zero-order valence-electron chi connectivity index (χ0n) is 7.64. The maximum Gasteiger partial charge on any atom is 0.312 e.